The minimum absolute atomic E-state index is 0.0791. The van der Waals surface area contributed by atoms with Crippen LogP contribution in [0, 0.1) is 13.8 Å². The second-order valence-electron chi connectivity index (χ2n) is 7.33. The van der Waals surface area contributed by atoms with Gasteiger partial charge < -0.3 is 10.2 Å². The van der Waals surface area contributed by atoms with E-state index in [1.54, 1.807) is 9.42 Å². The average molecular weight is 392 g/mol. The van der Waals surface area contributed by atoms with E-state index in [0.29, 0.717) is 30.7 Å². The maximum Gasteiger partial charge on any atom is 0.252 e. The average Bonchev–Trinajstić information content (AvgIpc) is 3.17. The van der Waals surface area contributed by atoms with E-state index in [1.807, 2.05) is 38.1 Å². The van der Waals surface area contributed by atoms with Crippen LogP contribution in [-0.2, 0) is 16.0 Å². The molecule has 0 saturated carbocycles. The first-order chi connectivity index (χ1) is 14.0. The molecule has 150 valence electrons. The highest BCUT2D eigenvalue weighted by molar-refractivity contribution is 5.96. The number of nitrogens with zero attached hydrogens (tertiary/aromatic N) is 5. The molecule has 8 nitrogen and oxygen atoms in total. The van der Waals surface area contributed by atoms with Crippen LogP contribution in [0.1, 0.15) is 42.6 Å². The quantitative estimate of drug-likeness (QED) is 0.721. The summed E-state index contributed by atoms with van der Waals surface area (Å²) in [6.07, 6.45) is 4.91. The SMILES string of the molecule is Cc1nc2ncnn2c(C)c1CCC(=O)Nc1cccc(N2CCCCC2=O)c1. The van der Waals surface area contributed by atoms with Gasteiger partial charge in [0.1, 0.15) is 6.33 Å². The van der Waals surface area contributed by atoms with Crippen molar-refractivity contribution in [3.05, 3.63) is 47.5 Å². The molecule has 3 heterocycles. The Morgan fingerprint density at radius 2 is 2.10 bits per heavy atom. The number of rotatable bonds is 5. The van der Waals surface area contributed by atoms with Crippen LogP contribution in [-0.4, -0.2) is 37.9 Å². The minimum Gasteiger partial charge on any atom is -0.326 e. The van der Waals surface area contributed by atoms with E-state index in [1.165, 1.54) is 6.33 Å². The summed E-state index contributed by atoms with van der Waals surface area (Å²) in [7, 11) is 0. The Bertz CT molecular complexity index is 1070. The van der Waals surface area contributed by atoms with Crippen molar-refractivity contribution in [1.82, 2.24) is 19.6 Å². The van der Waals surface area contributed by atoms with E-state index in [2.05, 4.69) is 20.4 Å². The molecule has 4 rings (SSSR count). The lowest BCUT2D eigenvalue weighted by Gasteiger charge is -2.27. The van der Waals surface area contributed by atoms with Crippen LogP contribution in [0.3, 0.4) is 0 Å². The molecule has 0 aliphatic carbocycles. The molecular weight excluding hydrogens is 368 g/mol. The molecule has 1 aromatic carbocycles. The summed E-state index contributed by atoms with van der Waals surface area (Å²) in [4.78, 5) is 35.0. The highest BCUT2D eigenvalue weighted by atomic mass is 16.2. The molecule has 29 heavy (non-hydrogen) atoms. The Hall–Kier alpha value is -3.29. The van der Waals surface area contributed by atoms with Crippen molar-refractivity contribution in [1.29, 1.82) is 0 Å². The van der Waals surface area contributed by atoms with Crippen molar-refractivity contribution in [3.63, 3.8) is 0 Å². The van der Waals surface area contributed by atoms with Crippen LogP contribution < -0.4 is 10.2 Å². The summed E-state index contributed by atoms with van der Waals surface area (Å²) < 4.78 is 1.69. The monoisotopic (exact) mass is 392 g/mol. The molecule has 8 heteroatoms. The lowest BCUT2D eigenvalue weighted by Crippen LogP contribution is -2.35. The highest BCUT2D eigenvalue weighted by Gasteiger charge is 2.20. The Morgan fingerprint density at radius 1 is 1.24 bits per heavy atom. The molecular formula is C21H24N6O2. The highest BCUT2D eigenvalue weighted by Crippen LogP contribution is 2.24. The van der Waals surface area contributed by atoms with Gasteiger partial charge in [0, 0.05) is 42.1 Å². The van der Waals surface area contributed by atoms with Crippen LogP contribution in [0.2, 0.25) is 0 Å². The van der Waals surface area contributed by atoms with E-state index in [0.717, 1.165) is 42.0 Å². The van der Waals surface area contributed by atoms with Crippen LogP contribution in [0.4, 0.5) is 11.4 Å². The first-order valence-corrected chi connectivity index (χ1v) is 9.89. The minimum atomic E-state index is -0.0791. The normalized spacial score (nSPS) is 14.4. The van der Waals surface area contributed by atoms with Gasteiger partial charge in [0.2, 0.25) is 11.8 Å². The topological polar surface area (TPSA) is 92.5 Å². The molecule has 2 amide bonds. The van der Waals surface area contributed by atoms with Crippen molar-refractivity contribution in [3.8, 4) is 0 Å². The predicted octanol–water partition coefficient (Wildman–Crippen LogP) is 2.83. The third-order valence-electron chi connectivity index (χ3n) is 5.36. The molecule has 0 unspecified atom stereocenters. The number of aryl methyl sites for hydroxylation is 2. The van der Waals surface area contributed by atoms with E-state index < -0.39 is 0 Å². The first-order valence-electron chi connectivity index (χ1n) is 9.89. The Labute approximate surface area is 169 Å². The van der Waals surface area contributed by atoms with Crippen LogP contribution in [0.15, 0.2) is 30.6 Å². The summed E-state index contributed by atoms with van der Waals surface area (Å²) in [5.41, 5.74) is 4.35. The van der Waals surface area contributed by atoms with Gasteiger partial charge in [-0.05, 0) is 56.9 Å². The molecule has 2 aromatic heterocycles. The number of carbonyl (C=O) groups is 2. The van der Waals surface area contributed by atoms with Crippen LogP contribution in [0.25, 0.3) is 5.78 Å². The number of aromatic nitrogens is 4. The number of fused-ring (bicyclic) bond motifs is 1. The lowest BCUT2D eigenvalue weighted by atomic mass is 10.1. The zero-order valence-electron chi connectivity index (χ0n) is 16.7. The number of benzene rings is 1. The van der Waals surface area contributed by atoms with Gasteiger partial charge in [0.05, 0.1) is 0 Å². The zero-order chi connectivity index (χ0) is 20.4. The first kappa shape index (κ1) is 19.0. The maximum absolute atomic E-state index is 12.5. The Balaban J connectivity index is 1.43. The zero-order valence-corrected chi connectivity index (χ0v) is 16.7. The van der Waals surface area contributed by atoms with Crippen molar-refractivity contribution in [2.24, 2.45) is 0 Å². The number of carbonyl (C=O) groups excluding carboxylic acids is 2. The second kappa shape index (κ2) is 7.98. The van der Waals surface area contributed by atoms with Gasteiger partial charge in [-0.15, -0.1) is 0 Å². The summed E-state index contributed by atoms with van der Waals surface area (Å²) in [5.74, 6) is 0.628. The largest absolute Gasteiger partial charge is 0.326 e. The van der Waals surface area contributed by atoms with Gasteiger partial charge in [-0.1, -0.05) is 6.07 Å². The molecule has 0 spiro atoms. The van der Waals surface area contributed by atoms with Gasteiger partial charge in [-0.25, -0.2) is 9.50 Å². The third kappa shape index (κ3) is 3.96. The number of piperidine rings is 1. The van der Waals surface area contributed by atoms with Gasteiger partial charge in [0.15, 0.2) is 0 Å². The fourth-order valence-corrected chi connectivity index (χ4v) is 3.81. The van der Waals surface area contributed by atoms with Gasteiger partial charge >= 0.3 is 0 Å². The molecule has 3 aromatic rings. The Morgan fingerprint density at radius 3 is 2.93 bits per heavy atom. The smallest absolute Gasteiger partial charge is 0.252 e. The van der Waals surface area contributed by atoms with Crippen molar-refractivity contribution in [2.75, 3.05) is 16.8 Å². The fraction of sp³-hybridized carbons (Fsp3) is 0.381. The predicted molar refractivity (Wildman–Crippen MR) is 110 cm³/mol. The molecule has 1 aliphatic heterocycles. The number of amides is 2. The number of hydrogen-bond donors (Lipinski definition) is 1. The van der Waals surface area contributed by atoms with E-state index in [4.69, 9.17) is 0 Å². The molecule has 0 bridgehead atoms. The van der Waals surface area contributed by atoms with E-state index >= 15 is 0 Å². The van der Waals surface area contributed by atoms with Crippen LogP contribution >= 0.6 is 0 Å². The summed E-state index contributed by atoms with van der Waals surface area (Å²) in [6, 6.07) is 7.48. The summed E-state index contributed by atoms with van der Waals surface area (Å²) >= 11 is 0. The molecule has 0 radical (unpaired) electrons. The number of anilines is 2. The molecule has 0 atom stereocenters. The molecule has 1 N–H and O–H groups in total. The molecule has 1 fully saturated rings. The van der Waals surface area contributed by atoms with E-state index in [9.17, 15) is 9.59 Å². The van der Waals surface area contributed by atoms with Crippen LogP contribution in [0.5, 0.6) is 0 Å². The van der Waals surface area contributed by atoms with Gasteiger partial charge in [-0.2, -0.15) is 10.1 Å². The van der Waals surface area contributed by atoms with Crippen molar-refractivity contribution < 1.29 is 9.59 Å². The number of nitrogens with one attached hydrogen (secondary N) is 1. The Kier molecular flexibility index (Phi) is 5.24. The van der Waals surface area contributed by atoms with E-state index in [-0.39, 0.29) is 11.8 Å². The molecule has 1 saturated heterocycles. The lowest BCUT2D eigenvalue weighted by molar-refractivity contribution is -0.119. The summed E-state index contributed by atoms with van der Waals surface area (Å²) in [6.45, 7) is 4.61. The van der Waals surface area contributed by atoms with Crippen molar-refractivity contribution in [2.45, 2.75) is 46.0 Å². The fourth-order valence-electron chi connectivity index (χ4n) is 3.81. The standard InChI is InChI=1S/C21H24N6O2/c1-14-18(15(2)27-21(24-14)22-13-23-27)9-10-19(28)25-16-6-5-7-17(12-16)26-11-4-3-8-20(26)29/h5-7,12-13H,3-4,8-11H2,1-2H3,(H,25,28). The summed E-state index contributed by atoms with van der Waals surface area (Å²) in [5, 5.41) is 7.13. The molecule has 1 aliphatic rings. The maximum atomic E-state index is 12.5. The third-order valence-corrected chi connectivity index (χ3v) is 5.36. The van der Waals surface area contributed by atoms with Gasteiger partial charge in [-0.3, -0.25) is 9.59 Å². The van der Waals surface area contributed by atoms with Crippen molar-refractivity contribution >= 4 is 29.0 Å². The van der Waals surface area contributed by atoms with Gasteiger partial charge in [0.25, 0.3) is 5.78 Å². The number of hydrogen-bond acceptors (Lipinski definition) is 5. The second-order valence-corrected chi connectivity index (χ2v) is 7.33.